The van der Waals surface area contributed by atoms with Crippen LogP contribution >= 0.6 is 12.4 Å². The van der Waals surface area contributed by atoms with Crippen molar-refractivity contribution in [3.63, 3.8) is 0 Å². The number of benzene rings is 2. The van der Waals surface area contributed by atoms with Crippen LogP contribution < -0.4 is 10.1 Å². The number of hydrogen-bond donors (Lipinski definition) is 1. The molecule has 2 saturated heterocycles. The smallest absolute Gasteiger partial charge is 0.124 e. The Labute approximate surface area is 163 Å². The largest absolute Gasteiger partial charge is 0.489 e. The van der Waals surface area contributed by atoms with E-state index in [4.69, 9.17) is 4.74 Å². The average molecular weight is 373 g/mol. The molecule has 0 aromatic heterocycles. The predicted octanol–water partition coefficient (Wildman–Crippen LogP) is 4.26. The van der Waals surface area contributed by atoms with Crippen molar-refractivity contribution in [2.75, 3.05) is 26.2 Å². The normalized spacial score (nSPS) is 19.2. The summed E-state index contributed by atoms with van der Waals surface area (Å²) in [6, 6.07) is 18.9. The lowest BCUT2D eigenvalue weighted by Gasteiger charge is -2.34. The molecule has 0 unspecified atom stereocenters. The van der Waals surface area contributed by atoms with Crippen LogP contribution in [0.3, 0.4) is 0 Å². The molecule has 2 aromatic carbocycles. The molecule has 2 heterocycles. The second-order valence-corrected chi connectivity index (χ2v) is 7.59. The Bertz CT molecular complexity index is 686. The van der Waals surface area contributed by atoms with Crippen LogP contribution in [0.15, 0.2) is 54.6 Å². The van der Waals surface area contributed by atoms with Gasteiger partial charge in [0.1, 0.15) is 12.4 Å². The van der Waals surface area contributed by atoms with E-state index >= 15 is 0 Å². The van der Waals surface area contributed by atoms with Crippen LogP contribution in [0.5, 0.6) is 5.75 Å². The molecule has 0 atom stereocenters. The van der Waals surface area contributed by atoms with E-state index in [-0.39, 0.29) is 12.4 Å². The fraction of sp³-hybridized carbons (Fsp3) is 0.455. The van der Waals surface area contributed by atoms with E-state index in [0.29, 0.717) is 12.0 Å². The Morgan fingerprint density at radius 1 is 0.923 bits per heavy atom. The predicted molar refractivity (Wildman–Crippen MR) is 109 cm³/mol. The molecule has 2 aromatic rings. The Hall–Kier alpha value is -1.55. The van der Waals surface area contributed by atoms with Crippen LogP contribution in [0.2, 0.25) is 0 Å². The molecule has 2 fully saturated rings. The van der Waals surface area contributed by atoms with Crippen LogP contribution in [0.1, 0.15) is 30.4 Å². The van der Waals surface area contributed by atoms with Crippen molar-refractivity contribution in [1.82, 2.24) is 10.2 Å². The summed E-state index contributed by atoms with van der Waals surface area (Å²) in [5.41, 5.74) is 3.09. The number of nitrogens with one attached hydrogen (secondary N) is 1. The lowest BCUT2D eigenvalue weighted by molar-refractivity contribution is 0.192. The third-order valence-corrected chi connectivity index (χ3v) is 5.79. The monoisotopic (exact) mass is 372 g/mol. The maximum Gasteiger partial charge on any atom is 0.124 e. The first kappa shape index (κ1) is 19.2. The van der Waals surface area contributed by atoms with Crippen LogP contribution in [0.25, 0.3) is 0 Å². The molecule has 26 heavy (non-hydrogen) atoms. The molecule has 0 bridgehead atoms. The number of likely N-dealkylation sites (tertiary alicyclic amines) is 1. The van der Waals surface area contributed by atoms with Crippen LogP contribution in [0.4, 0.5) is 0 Å². The molecule has 4 heteroatoms. The highest BCUT2D eigenvalue weighted by molar-refractivity contribution is 5.85. The van der Waals surface area contributed by atoms with Gasteiger partial charge in [-0.25, -0.2) is 0 Å². The molecule has 2 aliphatic rings. The van der Waals surface area contributed by atoms with E-state index in [0.717, 1.165) is 12.3 Å². The van der Waals surface area contributed by atoms with E-state index in [9.17, 15) is 0 Å². The Morgan fingerprint density at radius 2 is 1.65 bits per heavy atom. The topological polar surface area (TPSA) is 24.5 Å². The first-order valence-electron chi connectivity index (χ1n) is 9.51. The molecule has 140 valence electrons. The van der Waals surface area contributed by atoms with Gasteiger partial charge in [0, 0.05) is 18.7 Å². The fourth-order valence-corrected chi connectivity index (χ4v) is 4.28. The van der Waals surface area contributed by atoms with Gasteiger partial charge in [0.15, 0.2) is 0 Å². The van der Waals surface area contributed by atoms with E-state index in [1.165, 1.54) is 56.6 Å². The summed E-state index contributed by atoms with van der Waals surface area (Å²) in [6.07, 6.45) is 4.01. The van der Waals surface area contributed by atoms with Crippen molar-refractivity contribution in [2.45, 2.75) is 32.4 Å². The summed E-state index contributed by atoms with van der Waals surface area (Å²) in [7, 11) is 0. The Kier molecular flexibility index (Phi) is 6.58. The van der Waals surface area contributed by atoms with E-state index in [1.807, 2.05) is 6.07 Å². The Balaban J connectivity index is 0.00000196. The minimum Gasteiger partial charge on any atom is -0.489 e. The van der Waals surface area contributed by atoms with Gasteiger partial charge in [-0.1, -0.05) is 48.5 Å². The highest BCUT2D eigenvalue weighted by atomic mass is 35.5. The molecule has 1 N–H and O–H groups in total. The summed E-state index contributed by atoms with van der Waals surface area (Å²) in [6.45, 7) is 6.46. The van der Waals surface area contributed by atoms with Crippen LogP contribution in [0, 0.1) is 5.41 Å². The zero-order valence-electron chi connectivity index (χ0n) is 15.3. The van der Waals surface area contributed by atoms with E-state index < -0.39 is 0 Å². The highest BCUT2D eigenvalue weighted by Gasteiger charge is 2.38. The summed E-state index contributed by atoms with van der Waals surface area (Å²) in [4.78, 5) is 2.62. The zero-order valence-corrected chi connectivity index (χ0v) is 16.1. The molecule has 3 nitrogen and oxygen atoms in total. The minimum atomic E-state index is 0. The first-order valence-corrected chi connectivity index (χ1v) is 9.51. The maximum absolute atomic E-state index is 6.13. The summed E-state index contributed by atoms with van der Waals surface area (Å²) in [5, 5.41) is 3.50. The van der Waals surface area contributed by atoms with E-state index in [2.05, 4.69) is 58.7 Å². The molecule has 0 aliphatic carbocycles. The number of rotatable bonds is 5. The quantitative estimate of drug-likeness (QED) is 0.848. The summed E-state index contributed by atoms with van der Waals surface area (Å²) >= 11 is 0. The zero-order chi connectivity index (χ0) is 17.0. The molecule has 0 radical (unpaired) electrons. The number of halogens is 1. The van der Waals surface area contributed by atoms with Gasteiger partial charge < -0.3 is 10.1 Å². The van der Waals surface area contributed by atoms with Gasteiger partial charge in [-0.05, 0) is 55.9 Å². The third kappa shape index (κ3) is 4.59. The van der Waals surface area contributed by atoms with Gasteiger partial charge in [0.25, 0.3) is 0 Å². The van der Waals surface area contributed by atoms with Crippen molar-refractivity contribution < 1.29 is 4.74 Å². The molecule has 0 saturated carbocycles. The van der Waals surface area contributed by atoms with Crippen LogP contribution in [-0.2, 0) is 13.2 Å². The molecule has 1 spiro atoms. The maximum atomic E-state index is 6.13. The SMILES string of the molecule is Cl.c1ccc(COc2ccccc2CN2CCC3(CCNCC3)C2)cc1. The molecule has 4 rings (SSSR count). The summed E-state index contributed by atoms with van der Waals surface area (Å²) in [5.74, 6) is 1.03. The van der Waals surface area contributed by atoms with Gasteiger partial charge in [0.2, 0.25) is 0 Å². The molecular weight excluding hydrogens is 344 g/mol. The summed E-state index contributed by atoms with van der Waals surface area (Å²) < 4.78 is 6.13. The number of para-hydroxylation sites is 1. The van der Waals surface area contributed by atoms with Gasteiger partial charge in [0.05, 0.1) is 0 Å². The standard InChI is InChI=1S/C22H28N2O.ClH/c1-2-6-19(7-3-1)17-25-21-9-5-4-8-20(21)16-24-15-12-22(18-24)10-13-23-14-11-22;/h1-9,23H,10-18H2;1H. The van der Waals surface area contributed by atoms with Crippen molar-refractivity contribution in [2.24, 2.45) is 5.41 Å². The molecule has 0 amide bonds. The molecular formula is C22H29ClN2O. The van der Waals surface area contributed by atoms with Crippen molar-refractivity contribution >= 4 is 12.4 Å². The molecule has 2 aliphatic heterocycles. The fourth-order valence-electron chi connectivity index (χ4n) is 4.28. The number of ether oxygens (including phenoxy) is 1. The van der Waals surface area contributed by atoms with Gasteiger partial charge in [-0.15, -0.1) is 12.4 Å². The average Bonchev–Trinajstić information content (AvgIpc) is 3.04. The minimum absolute atomic E-state index is 0. The second-order valence-electron chi connectivity index (χ2n) is 7.59. The van der Waals surface area contributed by atoms with Crippen molar-refractivity contribution in [3.05, 3.63) is 65.7 Å². The van der Waals surface area contributed by atoms with Gasteiger partial charge in [-0.2, -0.15) is 0 Å². The van der Waals surface area contributed by atoms with Crippen molar-refractivity contribution in [1.29, 1.82) is 0 Å². The van der Waals surface area contributed by atoms with Crippen molar-refractivity contribution in [3.8, 4) is 5.75 Å². The van der Waals surface area contributed by atoms with Gasteiger partial charge >= 0.3 is 0 Å². The Morgan fingerprint density at radius 3 is 2.46 bits per heavy atom. The van der Waals surface area contributed by atoms with E-state index in [1.54, 1.807) is 0 Å². The van der Waals surface area contributed by atoms with Gasteiger partial charge in [-0.3, -0.25) is 4.90 Å². The third-order valence-electron chi connectivity index (χ3n) is 5.79. The number of nitrogens with zero attached hydrogens (tertiary/aromatic N) is 1. The lowest BCUT2D eigenvalue weighted by atomic mass is 9.78. The second kappa shape index (κ2) is 8.90. The first-order chi connectivity index (χ1) is 12.3. The number of hydrogen-bond acceptors (Lipinski definition) is 3. The van der Waals surface area contributed by atoms with Crippen LogP contribution in [-0.4, -0.2) is 31.1 Å². The highest BCUT2D eigenvalue weighted by Crippen LogP contribution is 2.39. The lowest BCUT2D eigenvalue weighted by Crippen LogP contribution is -2.38. The number of piperidine rings is 1.